The van der Waals surface area contributed by atoms with Gasteiger partial charge in [-0.15, -0.1) is 0 Å². The third-order valence-corrected chi connectivity index (χ3v) is 7.81. The van der Waals surface area contributed by atoms with Crippen molar-refractivity contribution in [1.82, 2.24) is 13.9 Å². The van der Waals surface area contributed by atoms with Crippen LogP contribution in [0.2, 0.25) is 0 Å². The predicted molar refractivity (Wildman–Crippen MR) is 130 cm³/mol. The van der Waals surface area contributed by atoms with Crippen molar-refractivity contribution in [3.8, 4) is 5.75 Å². The highest BCUT2D eigenvalue weighted by atomic mass is 32.2. The van der Waals surface area contributed by atoms with Crippen molar-refractivity contribution in [3.05, 3.63) is 76.9 Å². The van der Waals surface area contributed by atoms with Crippen LogP contribution in [0, 0.1) is 13.8 Å². The van der Waals surface area contributed by atoms with Crippen LogP contribution >= 0.6 is 0 Å². The molecular formula is C25H29N3O6S. The molecule has 0 N–H and O–H groups in total. The maximum absolute atomic E-state index is 13.5. The molecule has 10 heteroatoms. The molecule has 9 nitrogen and oxygen atoms in total. The summed E-state index contributed by atoms with van der Waals surface area (Å²) >= 11 is 0. The molecule has 0 unspecified atom stereocenters. The Labute approximate surface area is 205 Å². The molecule has 3 aromatic rings. The first-order valence-electron chi connectivity index (χ1n) is 10.9. The molecule has 0 radical (unpaired) electrons. The van der Waals surface area contributed by atoms with E-state index >= 15 is 0 Å². The molecule has 1 aromatic carbocycles. The molecule has 186 valence electrons. The van der Waals surface area contributed by atoms with E-state index in [1.54, 1.807) is 55.9 Å². The van der Waals surface area contributed by atoms with E-state index in [1.807, 2.05) is 6.07 Å². The Morgan fingerprint density at radius 3 is 2.31 bits per heavy atom. The largest absolute Gasteiger partial charge is 0.497 e. The Kier molecular flexibility index (Phi) is 8.08. The van der Waals surface area contributed by atoms with Crippen LogP contribution in [-0.4, -0.2) is 61.3 Å². The number of Topliss-reactive ketones (excluding diaryl/α,β-unsaturated/α-hetero) is 1. The lowest BCUT2D eigenvalue weighted by atomic mass is 10.1. The van der Waals surface area contributed by atoms with Crippen molar-refractivity contribution in [2.45, 2.75) is 25.2 Å². The molecule has 0 aliphatic heterocycles. The average molecular weight is 500 g/mol. The topological polar surface area (TPSA) is 108 Å². The van der Waals surface area contributed by atoms with Gasteiger partial charge in [-0.05, 0) is 55.8 Å². The molecule has 2 heterocycles. The number of rotatable bonds is 10. The van der Waals surface area contributed by atoms with E-state index < -0.39 is 28.3 Å². The molecule has 0 amide bonds. The number of ketones is 1. The number of carbonyl (C=O) groups excluding carboxylic acids is 2. The minimum absolute atomic E-state index is 0.0453. The van der Waals surface area contributed by atoms with Gasteiger partial charge in [0.05, 0.1) is 25.7 Å². The van der Waals surface area contributed by atoms with Crippen molar-refractivity contribution in [2.75, 3.05) is 27.3 Å². The highest BCUT2D eigenvalue weighted by Crippen LogP contribution is 2.25. The Bertz CT molecular complexity index is 1320. The van der Waals surface area contributed by atoms with Crippen molar-refractivity contribution in [3.63, 3.8) is 0 Å². The lowest BCUT2D eigenvalue weighted by molar-refractivity contribution is 0.0588. The first kappa shape index (κ1) is 26.1. The summed E-state index contributed by atoms with van der Waals surface area (Å²) in [5.74, 6) is -0.459. The maximum atomic E-state index is 13.5. The summed E-state index contributed by atoms with van der Waals surface area (Å²) in [5, 5.41) is 0. The van der Waals surface area contributed by atoms with E-state index in [0.717, 1.165) is 4.31 Å². The number of sulfonamides is 1. The summed E-state index contributed by atoms with van der Waals surface area (Å²) in [4.78, 5) is 30.0. The second-order valence-corrected chi connectivity index (χ2v) is 9.93. The van der Waals surface area contributed by atoms with E-state index in [1.165, 1.54) is 26.4 Å². The molecule has 0 fully saturated rings. The molecule has 0 aliphatic carbocycles. The third-order valence-electron chi connectivity index (χ3n) is 5.95. The molecule has 0 saturated heterocycles. The number of carbonyl (C=O) groups is 2. The van der Waals surface area contributed by atoms with Gasteiger partial charge in [0.1, 0.15) is 11.4 Å². The Balaban J connectivity index is 1.98. The highest BCUT2D eigenvalue weighted by Gasteiger charge is 2.31. The van der Waals surface area contributed by atoms with Crippen molar-refractivity contribution in [1.29, 1.82) is 0 Å². The van der Waals surface area contributed by atoms with Crippen LogP contribution in [0.5, 0.6) is 5.75 Å². The molecule has 0 saturated carbocycles. The summed E-state index contributed by atoms with van der Waals surface area (Å²) in [6.07, 6.45) is 1.96. The zero-order chi connectivity index (χ0) is 25.8. The van der Waals surface area contributed by atoms with Gasteiger partial charge in [-0.1, -0.05) is 6.07 Å². The first-order valence-corrected chi connectivity index (χ1v) is 12.4. The van der Waals surface area contributed by atoms with E-state index in [4.69, 9.17) is 9.47 Å². The quantitative estimate of drug-likeness (QED) is 0.312. The zero-order valence-electron chi connectivity index (χ0n) is 20.4. The molecule has 3 rings (SSSR count). The number of nitrogens with zero attached hydrogens (tertiary/aromatic N) is 3. The number of methoxy groups -OCH3 is 2. The van der Waals surface area contributed by atoms with Gasteiger partial charge in [-0.25, -0.2) is 13.2 Å². The Morgan fingerprint density at radius 2 is 1.74 bits per heavy atom. The van der Waals surface area contributed by atoms with Crippen LogP contribution < -0.4 is 4.74 Å². The number of hydrogen-bond acceptors (Lipinski definition) is 7. The molecular weight excluding hydrogens is 470 g/mol. The monoisotopic (exact) mass is 499 g/mol. The van der Waals surface area contributed by atoms with Gasteiger partial charge in [0.2, 0.25) is 10.0 Å². The van der Waals surface area contributed by atoms with Crippen LogP contribution in [0.25, 0.3) is 0 Å². The van der Waals surface area contributed by atoms with Gasteiger partial charge in [0.15, 0.2) is 5.78 Å². The second kappa shape index (κ2) is 10.8. The fourth-order valence-electron chi connectivity index (χ4n) is 3.98. The Hall–Kier alpha value is -3.50. The van der Waals surface area contributed by atoms with Crippen LogP contribution in [0.3, 0.4) is 0 Å². The van der Waals surface area contributed by atoms with Crippen LogP contribution in [0.4, 0.5) is 0 Å². The number of aromatic nitrogens is 2. The first-order chi connectivity index (χ1) is 16.6. The number of ether oxygens (including phenoxy) is 2. The van der Waals surface area contributed by atoms with Crippen molar-refractivity contribution < 1.29 is 27.5 Å². The summed E-state index contributed by atoms with van der Waals surface area (Å²) in [7, 11) is 0.411. The van der Waals surface area contributed by atoms with Gasteiger partial charge in [-0.2, -0.15) is 4.31 Å². The molecule has 0 spiro atoms. The molecule has 0 atom stereocenters. The summed E-state index contributed by atoms with van der Waals surface area (Å²) in [6, 6.07) is 11.4. The van der Waals surface area contributed by atoms with Crippen molar-refractivity contribution in [2.24, 2.45) is 7.05 Å². The number of esters is 1. The summed E-state index contributed by atoms with van der Waals surface area (Å²) in [5.41, 5.74) is 2.27. The fraction of sp³-hybridized carbons (Fsp3) is 0.320. The van der Waals surface area contributed by atoms with Crippen LogP contribution in [-0.2, 0) is 28.2 Å². The van der Waals surface area contributed by atoms with Gasteiger partial charge < -0.3 is 14.0 Å². The number of pyridine rings is 1. The van der Waals surface area contributed by atoms with E-state index in [-0.39, 0.29) is 17.1 Å². The molecule has 2 aromatic heterocycles. The molecule has 0 aliphatic rings. The van der Waals surface area contributed by atoms with Crippen LogP contribution in [0.1, 0.15) is 37.8 Å². The summed E-state index contributed by atoms with van der Waals surface area (Å²) < 4.78 is 39.8. The second-order valence-electron chi connectivity index (χ2n) is 7.99. The van der Waals surface area contributed by atoms with E-state index in [9.17, 15) is 18.0 Å². The van der Waals surface area contributed by atoms with Gasteiger partial charge in [0.25, 0.3) is 0 Å². The van der Waals surface area contributed by atoms with E-state index in [2.05, 4.69) is 4.98 Å². The van der Waals surface area contributed by atoms with Crippen molar-refractivity contribution >= 4 is 21.8 Å². The van der Waals surface area contributed by atoms with Gasteiger partial charge in [0, 0.05) is 43.2 Å². The average Bonchev–Trinajstić information content (AvgIpc) is 3.09. The fourth-order valence-corrected chi connectivity index (χ4v) is 5.38. The highest BCUT2D eigenvalue weighted by molar-refractivity contribution is 7.89. The summed E-state index contributed by atoms with van der Waals surface area (Å²) in [6.45, 7) is 3.02. The number of hydrogen-bond donors (Lipinski definition) is 0. The standard InChI is InChI=1S/C25H29N3O6S/c1-17-23(18(2)27(3)24(17)25(30)34-5)22(29)16-28(15-13-19-8-6-7-14-26-19)35(31,32)21-11-9-20(33-4)10-12-21/h6-12,14H,13,15-16H2,1-5H3. The normalized spacial score (nSPS) is 11.5. The van der Waals surface area contributed by atoms with Gasteiger partial charge >= 0.3 is 5.97 Å². The molecule has 35 heavy (non-hydrogen) atoms. The minimum atomic E-state index is -4.02. The lowest BCUT2D eigenvalue weighted by Gasteiger charge is -2.22. The van der Waals surface area contributed by atoms with Crippen LogP contribution in [0.15, 0.2) is 53.6 Å². The smallest absolute Gasteiger partial charge is 0.354 e. The maximum Gasteiger partial charge on any atom is 0.354 e. The minimum Gasteiger partial charge on any atom is -0.497 e. The third kappa shape index (κ3) is 5.44. The number of benzene rings is 1. The van der Waals surface area contributed by atoms with E-state index in [0.29, 0.717) is 34.7 Å². The van der Waals surface area contributed by atoms with Gasteiger partial charge in [-0.3, -0.25) is 9.78 Å². The lowest BCUT2D eigenvalue weighted by Crippen LogP contribution is -2.37. The predicted octanol–water partition coefficient (Wildman–Crippen LogP) is 2.95. The Morgan fingerprint density at radius 1 is 1.06 bits per heavy atom. The SMILES string of the molecule is COC(=O)c1c(C)c(C(=O)CN(CCc2ccccn2)S(=O)(=O)c2ccc(OC)cc2)c(C)n1C. The molecule has 0 bridgehead atoms. The zero-order valence-corrected chi connectivity index (χ0v) is 21.3.